The first kappa shape index (κ1) is 17.2. The van der Waals surface area contributed by atoms with Crippen LogP contribution in [-0.2, 0) is 6.54 Å². The minimum absolute atomic E-state index is 0.158. The van der Waals surface area contributed by atoms with E-state index in [-0.39, 0.29) is 11.2 Å². The molecule has 3 rings (SSSR count). The van der Waals surface area contributed by atoms with Gasteiger partial charge in [-0.1, -0.05) is 0 Å². The van der Waals surface area contributed by atoms with Gasteiger partial charge in [-0.05, 0) is 6.42 Å². The van der Waals surface area contributed by atoms with Gasteiger partial charge in [-0.2, -0.15) is 0 Å². The van der Waals surface area contributed by atoms with Gasteiger partial charge in [-0.3, -0.25) is 9.69 Å². The van der Waals surface area contributed by atoms with E-state index in [0.717, 1.165) is 31.1 Å². The molecule has 2 aromatic rings. The predicted octanol–water partition coefficient (Wildman–Crippen LogP) is 1.19. The van der Waals surface area contributed by atoms with Crippen LogP contribution in [-0.4, -0.2) is 55.2 Å². The SMILES string of the molecule is COc1coc(CN2CCC(Nc3cc(N(C)C)ncn3)C2)cc1=O. The van der Waals surface area contributed by atoms with Crippen LogP contribution in [0.3, 0.4) is 0 Å². The lowest BCUT2D eigenvalue weighted by atomic mass is 10.2. The second-order valence-electron chi connectivity index (χ2n) is 6.30. The van der Waals surface area contributed by atoms with Crippen LogP contribution in [0.2, 0.25) is 0 Å². The number of rotatable bonds is 6. The molecule has 0 spiro atoms. The zero-order valence-electron chi connectivity index (χ0n) is 14.7. The summed E-state index contributed by atoms with van der Waals surface area (Å²) >= 11 is 0. The molecule has 8 nitrogen and oxygen atoms in total. The third kappa shape index (κ3) is 4.27. The van der Waals surface area contributed by atoms with Crippen LogP contribution in [0.25, 0.3) is 0 Å². The first-order chi connectivity index (χ1) is 12.0. The Morgan fingerprint density at radius 1 is 1.40 bits per heavy atom. The van der Waals surface area contributed by atoms with Crippen LogP contribution in [0.15, 0.2) is 33.9 Å². The number of nitrogens with zero attached hydrogens (tertiary/aromatic N) is 4. The fraction of sp³-hybridized carbons (Fsp3) is 0.471. The molecule has 0 bridgehead atoms. The maximum atomic E-state index is 11.8. The molecule has 0 aromatic carbocycles. The van der Waals surface area contributed by atoms with Gasteiger partial charge in [-0.15, -0.1) is 0 Å². The number of likely N-dealkylation sites (tertiary alicyclic amines) is 1. The summed E-state index contributed by atoms with van der Waals surface area (Å²) in [5.74, 6) is 2.56. The highest BCUT2D eigenvalue weighted by molar-refractivity contribution is 5.48. The maximum absolute atomic E-state index is 11.8. The molecule has 1 N–H and O–H groups in total. The molecule has 2 aromatic heterocycles. The van der Waals surface area contributed by atoms with Crippen molar-refractivity contribution in [3.05, 3.63) is 40.7 Å². The van der Waals surface area contributed by atoms with Crippen molar-refractivity contribution in [2.45, 2.75) is 19.0 Å². The van der Waals surface area contributed by atoms with E-state index in [9.17, 15) is 4.79 Å². The number of hydrogen-bond donors (Lipinski definition) is 1. The van der Waals surface area contributed by atoms with Crippen molar-refractivity contribution < 1.29 is 9.15 Å². The molecule has 8 heteroatoms. The van der Waals surface area contributed by atoms with Crippen molar-refractivity contribution in [2.75, 3.05) is 44.5 Å². The molecular weight excluding hydrogens is 322 g/mol. The molecule has 0 amide bonds. The Balaban J connectivity index is 1.57. The Labute approximate surface area is 146 Å². The lowest BCUT2D eigenvalue weighted by Gasteiger charge is -2.17. The van der Waals surface area contributed by atoms with E-state index >= 15 is 0 Å². The number of hydrogen-bond acceptors (Lipinski definition) is 8. The van der Waals surface area contributed by atoms with Gasteiger partial charge in [0.05, 0.1) is 13.7 Å². The summed E-state index contributed by atoms with van der Waals surface area (Å²) in [5.41, 5.74) is -0.158. The summed E-state index contributed by atoms with van der Waals surface area (Å²) in [4.78, 5) is 24.5. The standard InChI is InChI=1S/C17H23N5O3/c1-21(2)17-7-16(18-11-19-17)20-12-4-5-22(8-12)9-13-6-14(23)15(24-3)10-25-13/h6-7,10-12H,4-5,8-9H2,1-3H3,(H,18,19,20). The molecular formula is C17H23N5O3. The van der Waals surface area contributed by atoms with Gasteiger partial charge in [0.25, 0.3) is 0 Å². The van der Waals surface area contributed by atoms with Crippen molar-refractivity contribution in [2.24, 2.45) is 0 Å². The number of nitrogens with one attached hydrogen (secondary N) is 1. The minimum Gasteiger partial charge on any atom is -0.490 e. The van der Waals surface area contributed by atoms with E-state index in [1.165, 1.54) is 19.4 Å². The third-order valence-electron chi connectivity index (χ3n) is 4.19. The van der Waals surface area contributed by atoms with E-state index in [2.05, 4.69) is 20.2 Å². The zero-order valence-corrected chi connectivity index (χ0v) is 14.7. The second-order valence-corrected chi connectivity index (χ2v) is 6.30. The van der Waals surface area contributed by atoms with Crippen LogP contribution < -0.4 is 20.4 Å². The fourth-order valence-corrected chi connectivity index (χ4v) is 2.86. The van der Waals surface area contributed by atoms with Gasteiger partial charge in [-0.25, -0.2) is 9.97 Å². The third-order valence-corrected chi connectivity index (χ3v) is 4.19. The van der Waals surface area contributed by atoms with Crippen LogP contribution >= 0.6 is 0 Å². The largest absolute Gasteiger partial charge is 0.490 e. The molecule has 1 atom stereocenters. The van der Waals surface area contributed by atoms with Crippen molar-refractivity contribution >= 4 is 11.6 Å². The molecule has 25 heavy (non-hydrogen) atoms. The number of aromatic nitrogens is 2. The molecule has 1 aliphatic rings. The average Bonchev–Trinajstić information content (AvgIpc) is 3.02. The first-order valence-corrected chi connectivity index (χ1v) is 8.19. The predicted molar refractivity (Wildman–Crippen MR) is 95.2 cm³/mol. The maximum Gasteiger partial charge on any atom is 0.227 e. The Morgan fingerprint density at radius 3 is 2.96 bits per heavy atom. The number of ether oxygens (including phenoxy) is 1. The fourth-order valence-electron chi connectivity index (χ4n) is 2.86. The van der Waals surface area contributed by atoms with Gasteiger partial charge in [0.2, 0.25) is 11.2 Å². The van der Waals surface area contributed by atoms with Crippen LogP contribution in [0.5, 0.6) is 5.75 Å². The van der Waals surface area contributed by atoms with Crippen molar-refractivity contribution in [3.8, 4) is 5.75 Å². The molecule has 3 heterocycles. The average molecular weight is 345 g/mol. The van der Waals surface area contributed by atoms with Gasteiger partial charge in [0.1, 0.15) is 30.0 Å². The molecule has 0 aliphatic carbocycles. The van der Waals surface area contributed by atoms with Gasteiger partial charge < -0.3 is 19.4 Å². The Morgan fingerprint density at radius 2 is 2.24 bits per heavy atom. The van der Waals surface area contributed by atoms with E-state index < -0.39 is 0 Å². The summed E-state index contributed by atoms with van der Waals surface area (Å²) in [6.45, 7) is 2.39. The molecule has 0 saturated carbocycles. The van der Waals surface area contributed by atoms with Crippen LogP contribution in [0, 0.1) is 0 Å². The van der Waals surface area contributed by atoms with Gasteiger partial charge in [0, 0.05) is 45.4 Å². The topological polar surface area (TPSA) is 83.7 Å². The van der Waals surface area contributed by atoms with Gasteiger partial charge >= 0.3 is 0 Å². The Hall–Kier alpha value is -2.61. The molecule has 1 aliphatic heterocycles. The molecule has 134 valence electrons. The molecule has 1 saturated heterocycles. The monoisotopic (exact) mass is 345 g/mol. The van der Waals surface area contributed by atoms with E-state index in [1.54, 1.807) is 6.33 Å². The smallest absolute Gasteiger partial charge is 0.227 e. The van der Waals surface area contributed by atoms with Crippen LogP contribution in [0.4, 0.5) is 11.6 Å². The highest BCUT2D eigenvalue weighted by atomic mass is 16.5. The van der Waals surface area contributed by atoms with Gasteiger partial charge in [0.15, 0.2) is 0 Å². The molecule has 0 radical (unpaired) electrons. The summed E-state index contributed by atoms with van der Waals surface area (Å²) < 4.78 is 10.4. The highest BCUT2D eigenvalue weighted by Gasteiger charge is 2.23. The number of methoxy groups -OCH3 is 1. The van der Waals surface area contributed by atoms with Crippen molar-refractivity contribution in [1.82, 2.24) is 14.9 Å². The lowest BCUT2D eigenvalue weighted by molar-refractivity contribution is 0.286. The first-order valence-electron chi connectivity index (χ1n) is 8.19. The highest BCUT2D eigenvalue weighted by Crippen LogP contribution is 2.18. The summed E-state index contributed by atoms with van der Waals surface area (Å²) in [6, 6.07) is 3.73. The normalized spacial score (nSPS) is 17.5. The van der Waals surface area contributed by atoms with E-state index in [1.807, 2.05) is 25.1 Å². The van der Waals surface area contributed by atoms with E-state index in [4.69, 9.17) is 9.15 Å². The van der Waals surface area contributed by atoms with E-state index in [0.29, 0.717) is 18.3 Å². The molecule has 1 unspecified atom stereocenters. The minimum atomic E-state index is -0.158. The number of anilines is 2. The summed E-state index contributed by atoms with van der Waals surface area (Å²) in [5, 5.41) is 3.45. The Kier molecular flexibility index (Phi) is 5.18. The summed E-state index contributed by atoms with van der Waals surface area (Å²) in [6.07, 6.45) is 3.94. The quantitative estimate of drug-likeness (QED) is 0.836. The van der Waals surface area contributed by atoms with Crippen molar-refractivity contribution in [1.29, 1.82) is 0 Å². The van der Waals surface area contributed by atoms with Crippen LogP contribution in [0.1, 0.15) is 12.2 Å². The molecule has 1 fully saturated rings. The van der Waals surface area contributed by atoms with Crippen molar-refractivity contribution in [3.63, 3.8) is 0 Å². The lowest BCUT2D eigenvalue weighted by Crippen LogP contribution is -2.26. The summed E-state index contributed by atoms with van der Waals surface area (Å²) in [7, 11) is 5.36. The Bertz CT molecular complexity index is 777. The second kappa shape index (κ2) is 7.52. The zero-order chi connectivity index (χ0) is 17.8.